The zero-order chi connectivity index (χ0) is 12.7. The molecule has 0 fully saturated rings. The molecule has 18 heavy (non-hydrogen) atoms. The predicted molar refractivity (Wildman–Crippen MR) is 73.4 cm³/mol. The smallest absolute Gasteiger partial charge is 0.0711 e. The van der Waals surface area contributed by atoms with E-state index in [2.05, 4.69) is 41.3 Å². The number of hydrogen-bond acceptors (Lipinski definition) is 2. The average molecular weight is 237 g/mol. The molecule has 1 aromatic carbocycles. The van der Waals surface area contributed by atoms with Gasteiger partial charge in [-0.05, 0) is 37.1 Å². The summed E-state index contributed by atoms with van der Waals surface area (Å²) in [5.74, 6) is 0. The van der Waals surface area contributed by atoms with Crippen molar-refractivity contribution < 1.29 is 0 Å². The van der Waals surface area contributed by atoms with Crippen molar-refractivity contribution in [3.63, 3.8) is 0 Å². The molecule has 0 N–H and O–H groups in total. The maximum atomic E-state index is 4.64. The minimum atomic E-state index is 1.04. The van der Waals surface area contributed by atoms with Gasteiger partial charge in [0.2, 0.25) is 0 Å². The van der Waals surface area contributed by atoms with Gasteiger partial charge in [0.25, 0.3) is 0 Å². The molecule has 90 valence electrons. The maximum Gasteiger partial charge on any atom is 0.0711 e. The van der Waals surface area contributed by atoms with Crippen molar-refractivity contribution in [1.82, 2.24) is 14.8 Å². The van der Waals surface area contributed by atoms with Crippen molar-refractivity contribution in [2.24, 2.45) is 7.05 Å². The van der Waals surface area contributed by atoms with Gasteiger partial charge in [-0.25, -0.2) is 0 Å². The quantitative estimate of drug-likeness (QED) is 0.650. The summed E-state index contributed by atoms with van der Waals surface area (Å²) >= 11 is 0. The molecule has 2 aromatic heterocycles. The lowest BCUT2D eigenvalue weighted by molar-refractivity contribution is 0.768. The molecule has 0 radical (unpaired) electrons. The molecule has 0 unspecified atom stereocenters. The van der Waals surface area contributed by atoms with Crippen LogP contribution in [-0.2, 0) is 7.05 Å². The number of rotatable bonds is 1. The van der Waals surface area contributed by atoms with E-state index in [1.54, 1.807) is 0 Å². The van der Waals surface area contributed by atoms with E-state index in [-0.39, 0.29) is 0 Å². The average Bonchev–Trinajstić information content (AvgIpc) is 2.77. The second-order valence-electron chi connectivity index (χ2n) is 4.70. The predicted octanol–water partition coefficient (Wildman–Crippen LogP) is 3.25. The summed E-state index contributed by atoms with van der Waals surface area (Å²) in [6, 6.07) is 8.55. The van der Waals surface area contributed by atoms with Crippen LogP contribution in [0, 0.1) is 13.8 Å². The summed E-state index contributed by atoms with van der Waals surface area (Å²) in [7, 11) is 1.93. The van der Waals surface area contributed by atoms with Gasteiger partial charge in [0.15, 0.2) is 0 Å². The highest BCUT2D eigenvalue weighted by molar-refractivity contribution is 5.84. The van der Waals surface area contributed by atoms with Crippen molar-refractivity contribution in [1.29, 1.82) is 0 Å². The fourth-order valence-corrected chi connectivity index (χ4v) is 2.12. The molecule has 0 spiro atoms. The van der Waals surface area contributed by atoms with Gasteiger partial charge in [0.1, 0.15) is 0 Å². The molecule has 3 heteroatoms. The Morgan fingerprint density at radius 3 is 2.61 bits per heavy atom. The van der Waals surface area contributed by atoms with Gasteiger partial charge in [0, 0.05) is 29.9 Å². The second kappa shape index (κ2) is 3.95. The first-order valence-electron chi connectivity index (χ1n) is 6.00. The van der Waals surface area contributed by atoms with Crippen molar-refractivity contribution in [3.8, 4) is 11.1 Å². The standard InChI is InChI=1S/C15H15N3/c1-10-6-13-5-4-12(7-15(13)17-11(10)2)14-8-16-18(3)9-14/h4-9H,1-3H3. The molecule has 0 saturated carbocycles. The highest BCUT2D eigenvalue weighted by Gasteiger charge is 2.04. The minimum absolute atomic E-state index is 1.04. The lowest BCUT2D eigenvalue weighted by atomic mass is 10.1. The first-order valence-corrected chi connectivity index (χ1v) is 6.00. The van der Waals surface area contributed by atoms with Crippen molar-refractivity contribution in [3.05, 3.63) is 47.9 Å². The lowest BCUT2D eigenvalue weighted by Gasteiger charge is -2.05. The summed E-state index contributed by atoms with van der Waals surface area (Å²) in [5.41, 5.74) is 5.65. The highest BCUT2D eigenvalue weighted by Crippen LogP contribution is 2.24. The summed E-state index contributed by atoms with van der Waals surface area (Å²) < 4.78 is 1.81. The Balaban J connectivity index is 2.19. The zero-order valence-electron chi connectivity index (χ0n) is 10.8. The van der Waals surface area contributed by atoms with Crippen molar-refractivity contribution in [2.45, 2.75) is 13.8 Å². The number of pyridine rings is 1. The van der Waals surface area contributed by atoms with Crippen molar-refractivity contribution >= 4 is 10.9 Å². The van der Waals surface area contributed by atoms with Crippen LogP contribution in [0.2, 0.25) is 0 Å². The van der Waals surface area contributed by atoms with E-state index in [9.17, 15) is 0 Å². The monoisotopic (exact) mass is 237 g/mol. The molecule has 2 heterocycles. The van der Waals surface area contributed by atoms with Crippen LogP contribution in [-0.4, -0.2) is 14.8 Å². The second-order valence-corrected chi connectivity index (χ2v) is 4.70. The number of hydrogen-bond donors (Lipinski definition) is 0. The lowest BCUT2D eigenvalue weighted by Crippen LogP contribution is -1.88. The van der Waals surface area contributed by atoms with E-state index in [1.807, 2.05) is 31.0 Å². The number of nitrogens with zero attached hydrogens (tertiary/aromatic N) is 3. The Labute approximate surface area is 106 Å². The number of aromatic nitrogens is 3. The van der Waals surface area contributed by atoms with Gasteiger partial charge < -0.3 is 0 Å². The molecular weight excluding hydrogens is 222 g/mol. The zero-order valence-corrected chi connectivity index (χ0v) is 10.8. The van der Waals surface area contributed by atoms with Crippen LogP contribution in [0.25, 0.3) is 22.0 Å². The summed E-state index contributed by atoms with van der Waals surface area (Å²) in [6.07, 6.45) is 3.89. The number of aryl methyl sites for hydroxylation is 3. The fourth-order valence-electron chi connectivity index (χ4n) is 2.12. The normalized spacial score (nSPS) is 11.1. The molecule has 0 saturated heterocycles. The van der Waals surface area contributed by atoms with Gasteiger partial charge in [-0.2, -0.15) is 5.10 Å². The maximum absolute atomic E-state index is 4.64. The molecule has 0 aliphatic rings. The van der Waals surface area contributed by atoms with Gasteiger partial charge >= 0.3 is 0 Å². The van der Waals surface area contributed by atoms with E-state index in [4.69, 9.17) is 0 Å². The van der Waals surface area contributed by atoms with Gasteiger partial charge in [0.05, 0.1) is 11.7 Å². The van der Waals surface area contributed by atoms with E-state index in [1.165, 1.54) is 10.9 Å². The van der Waals surface area contributed by atoms with Gasteiger partial charge in [-0.15, -0.1) is 0 Å². The Morgan fingerprint density at radius 2 is 1.89 bits per heavy atom. The van der Waals surface area contributed by atoms with Crippen molar-refractivity contribution in [2.75, 3.05) is 0 Å². The largest absolute Gasteiger partial charge is 0.275 e. The third kappa shape index (κ3) is 1.78. The van der Waals surface area contributed by atoms with Crippen LogP contribution in [0.4, 0.5) is 0 Å². The molecular formula is C15H15N3. The highest BCUT2D eigenvalue weighted by atomic mass is 15.2. The van der Waals surface area contributed by atoms with Crippen LogP contribution >= 0.6 is 0 Å². The van der Waals surface area contributed by atoms with E-state index >= 15 is 0 Å². The Kier molecular flexibility index (Phi) is 2.40. The van der Waals surface area contributed by atoms with E-state index in [0.29, 0.717) is 0 Å². The molecule has 0 aliphatic carbocycles. The number of benzene rings is 1. The SMILES string of the molecule is Cc1cc2ccc(-c3cnn(C)c3)cc2nc1C. The number of fused-ring (bicyclic) bond motifs is 1. The third-order valence-corrected chi connectivity index (χ3v) is 3.30. The molecule has 0 amide bonds. The van der Waals surface area contributed by atoms with Gasteiger partial charge in [-0.1, -0.05) is 12.1 Å². The molecule has 3 nitrogen and oxygen atoms in total. The van der Waals surface area contributed by atoms with Crippen LogP contribution in [0.1, 0.15) is 11.3 Å². The summed E-state index contributed by atoms with van der Waals surface area (Å²) in [4.78, 5) is 4.64. The Bertz CT molecular complexity index is 726. The molecule has 0 bridgehead atoms. The van der Waals surface area contributed by atoms with Crippen LogP contribution in [0.15, 0.2) is 36.7 Å². The van der Waals surface area contributed by atoms with Crippen LogP contribution < -0.4 is 0 Å². The Morgan fingerprint density at radius 1 is 1.06 bits per heavy atom. The Hall–Kier alpha value is -2.16. The topological polar surface area (TPSA) is 30.7 Å². The van der Waals surface area contributed by atoms with E-state index in [0.717, 1.165) is 22.3 Å². The first-order chi connectivity index (χ1) is 8.63. The fraction of sp³-hybridized carbons (Fsp3) is 0.200. The van der Waals surface area contributed by atoms with Crippen LogP contribution in [0.3, 0.4) is 0 Å². The molecule has 3 rings (SSSR count). The minimum Gasteiger partial charge on any atom is -0.275 e. The van der Waals surface area contributed by atoms with Crippen LogP contribution in [0.5, 0.6) is 0 Å². The summed E-state index contributed by atoms with van der Waals surface area (Å²) in [5, 5.41) is 5.39. The molecule has 0 aliphatic heterocycles. The van der Waals surface area contributed by atoms with E-state index < -0.39 is 0 Å². The summed E-state index contributed by atoms with van der Waals surface area (Å²) in [6.45, 7) is 4.14. The first kappa shape index (κ1) is 11.0. The van der Waals surface area contributed by atoms with Gasteiger partial charge in [-0.3, -0.25) is 9.67 Å². The third-order valence-electron chi connectivity index (χ3n) is 3.30. The molecule has 3 aromatic rings. The molecule has 0 atom stereocenters.